The van der Waals surface area contributed by atoms with E-state index in [1.165, 1.54) is 31.5 Å². The number of aromatic nitrogens is 2. The third kappa shape index (κ3) is 4.94. The van der Waals surface area contributed by atoms with E-state index < -0.39 is 23.2 Å². The quantitative estimate of drug-likeness (QED) is 0.227. The van der Waals surface area contributed by atoms with Crippen LogP contribution in [0, 0.1) is 18.6 Å². The molecule has 6 nitrogen and oxygen atoms in total. The van der Waals surface area contributed by atoms with Gasteiger partial charge in [0.05, 0.1) is 40.6 Å². The summed E-state index contributed by atoms with van der Waals surface area (Å²) in [5.74, 6) is -1.41. The standard InChI is InChI=1S/C32H28F2N2O4/c1-19-15-22(12-13-24(19)34)36-25-16-21(33)17-26(40-18-20-9-6-5-7-10-20)27(25)28(30(36)32(2,3)38)29-23(31(37)39-4)11-8-14-35-29/h5-17,38H,18H2,1-4H3. The molecule has 5 rings (SSSR count). The van der Waals surface area contributed by atoms with Crippen LogP contribution < -0.4 is 4.74 Å². The number of benzene rings is 3. The number of hydrogen-bond acceptors (Lipinski definition) is 5. The second-order valence-corrected chi connectivity index (χ2v) is 10.0. The van der Waals surface area contributed by atoms with Gasteiger partial charge in [0, 0.05) is 23.5 Å². The molecule has 1 N–H and O–H groups in total. The Bertz CT molecular complexity index is 1720. The molecule has 0 amide bonds. The lowest BCUT2D eigenvalue weighted by atomic mass is 9.94. The van der Waals surface area contributed by atoms with E-state index in [4.69, 9.17) is 9.47 Å². The molecule has 0 unspecified atom stereocenters. The third-order valence-corrected chi connectivity index (χ3v) is 6.66. The monoisotopic (exact) mass is 542 g/mol. The van der Waals surface area contributed by atoms with Crippen LogP contribution in [0.15, 0.2) is 79.0 Å². The number of carbonyl (C=O) groups is 1. The van der Waals surface area contributed by atoms with Crippen molar-refractivity contribution in [1.29, 1.82) is 0 Å². The summed E-state index contributed by atoms with van der Waals surface area (Å²) in [5.41, 5.74) is 1.60. The molecule has 0 radical (unpaired) electrons. The number of hydrogen-bond donors (Lipinski definition) is 1. The maximum absolute atomic E-state index is 15.3. The van der Waals surface area contributed by atoms with Crippen molar-refractivity contribution in [3.63, 3.8) is 0 Å². The van der Waals surface area contributed by atoms with Crippen molar-refractivity contribution in [1.82, 2.24) is 9.55 Å². The topological polar surface area (TPSA) is 73.6 Å². The highest BCUT2D eigenvalue weighted by molar-refractivity contribution is 6.07. The van der Waals surface area contributed by atoms with Gasteiger partial charge < -0.3 is 19.1 Å². The third-order valence-electron chi connectivity index (χ3n) is 6.66. The Hall–Kier alpha value is -4.56. The van der Waals surface area contributed by atoms with Gasteiger partial charge in [0.25, 0.3) is 0 Å². The fourth-order valence-corrected chi connectivity index (χ4v) is 4.92. The van der Waals surface area contributed by atoms with Crippen molar-refractivity contribution < 1.29 is 28.2 Å². The first kappa shape index (κ1) is 27.0. The van der Waals surface area contributed by atoms with Gasteiger partial charge in [-0.15, -0.1) is 0 Å². The number of carbonyl (C=O) groups excluding carboxylic acids is 1. The number of aliphatic hydroxyl groups is 1. The smallest absolute Gasteiger partial charge is 0.340 e. The summed E-state index contributed by atoms with van der Waals surface area (Å²) in [7, 11) is 1.27. The second kappa shape index (κ2) is 10.5. The minimum absolute atomic E-state index is 0.142. The predicted molar refractivity (Wildman–Crippen MR) is 149 cm³/mol. The lowest BCUT2D eigenvalue weighted by Gasteiger charge is -2.24. The van der Waals surface area contributed by atoms with E-state index in [9.17, 15) is 14.3 Å². The van der Waals surface area contributed by atoms with Crippen LogP contribution in [-0.4, -0.2) is 27.7 Å². The maximum Gasteiger partial charge on any atom is 0.340 e. The number of ether oxygens (including phenoxy) is 2. The van der Waals surface area contributed by atoms with E-state index in [-0.39, 0.29) is 23.6 Å². The van der Waals surface area contributed by atoms with E-state index in [1.54, 1.807) is 49.6 Å². The first-order valence-corrected chi connectivity index (χ1v) is 12.7. The van der Waals surface area contributed by atoms with E-state index >= 15 is 4.39 Å². The van der Waals surface area contributed by atoms with Crippen LogP contribution in [0.1, 0.15) is 41.0 Å². The highest BCUT2D eigenvalue weighted by Gasteiger charge is 2.34. The number of aryl methyl sites for hydroxylation is 1. The summed E-state index contributed by atoms with van der Waals surface area (Å²) in [6.07, 6.45) is 1.52. The van der Waals surface area contributed by atoms with Crippen LogP contribution in [0.2, 0.25) is 0 Å². The number of esters is 1. The zero-order chi connectivity index (χ0) is 28.6. The highest BCUT2D eigenvalue weighted by Crippen LogP contribution is 2.46. The molecule has 0 fully saturated rings. The van der Waals surface area contributed by atoms with E-state index in [1.807, 2.05) is 30.3 Å². The molecule has 0 saturated carbocycles. The van der Waals surface area contributed by atoms with Crippen LogP contribution >= 0.6 is 0 Å². The SMILES string of the molecule is COC(=O)c1cccnc1-c1c(C(C)(C)O)n(-c2ccc(F)c(C)c2)c2cc(F)cc(OCc3ccccc3)c12. The van der Waals surface area contributed by atoms with Gasteiger partial charge in [-0.25, -0.2) is 13.6 Å². The predicted octanol–water partition coefficient (Wildman–Crippen LogP) is 6.87. The van der Waals surface area contributed by atoms with Crippen molar-refractivity contribution in [2.45, 2.75) is 33.0 Å². The zero-order valence-electron chi connectivity index (χ0n) is 22.5. The molecule has 0 spiro atoms. The molecule has 0 aliphatic heterocycles. The van der Waals surface area contributed by atoms with Crippen molar-refractivity contribution in [2.24, 2.45) is 0 Å². The fraction of sp³-hybridized carbons (Fsp3) is 0.188. The Labute approximate surface area is 230 Å². The largest absolute Gasteiger partial charge is 0.488 e. The van der Waals surface area contributed by atoms with Crippen molar-refractivity contribution >= 4 is 16.9 Å². The molecule has 0 saturated heterocycles. The number of rotatable bonds is 7. The molecule has 3 aromatic carbocycles. The van der Waals surface area contributed by atoms with Gasteiger partial charge in [-0.3, -0.25) is 4.98 Å². The molecule has 8 heteroatoms. The van der Waals surface area contributed by atoms with Crippen LogP contribution in [0.3, 0.4) is 0 Å². The molecular weight excluding hydrogens is 514 g/mol. The average Bonchev–Trinajstić information content (AvgIpc) is 3.29. The summed E-state index contributed by atoms with van der Waals surface area (Å²) in [6.45, 7) is 4.93. The molecule has 204 valence electrons. The van der Waals surface area contributed by atoms with Gasteiger partial charge in [-0.1, -0.05) is 30.3 Å². The Morgan fingerprint density at radius 2 is 1.77 bits per heavy atom. The van der Waals surface area contributed by atoms with E-state index in [0.717, 1.165) is 5.56 Å². The molecule has 0 atom stereocenters. The normalized spacial score (nSPS) is 11.6. The summed E-state index contributed by atoms with van der Waals surface area (Å²) < 4.78 is 42.4. The van der Waals surface area contributed by atoms with Crippen LogP contribution in [0.25, 0.3) is 27.8 Å². The van der Waals surface area contributed by atoms with Gasteiger partial charge >= 0.3 is 5.97 Å². The first-order chi connectivity index (χ1) is 19.1. The van der Waals surface area contributed by atoms with E-state index in [2.05, 4.69) is 4.98 Å². The van der Waals surface area contributed by atoms with Crippen molar-refractivity contribution in [3.8, 4) is 22.7 Å². The van der Waals surface area contributed by atoms with Crippen LogP contribution in [0.4, 0.5) is 8.78 Å². The van der Waals surface area contributed by atoms with E-state index in [0.29, 0.717) is 33.4 Å². The first-order valence-electron chi connectivity index (χ1n) is 12.7. The maximum atomic E-state index is 15.3. The fourth-order valence-electron chi connectivity index (χ4n) is 4.92. The minimum Gasteiger partial charge on any atom is -0.488 e. The Morgan fingerprint density at radius 3 is 2.45 bits per heavy atom. The van der Waals surface area contributed by atoms with Crippen molar-refractivity contribution in [3.05, 3.63) is 113 Å². The molecular formula is C32H28F2N2O4. The van der Waals surface area contributed by atoms with Gasteiger partial charge in [0.15, 0.2) is 0 Å². The lowest BCUT2D eigenvalue weighted by molar-refractivity contribution is 0.0599. The summed E-state index contributed by atoms with van der Waals surface area (Å²) in [6, 6.07) is 19.7. The number of methoxy groups -OCH3 is 1. The molecule has 2 aromatic heterocycles. The van der Waals surface area contributed by atoms with Gasteiger partial charge in [-0.2, -0.15) is 0 Å². The Balaban J connectivity index is 1.92. The molecule has 0 bridgehead atoms. The molecule has 2 heterocycles. The summed E-state index contributed by atoms with van der Waals surface area (Å²) in [5, 5.41) is 12.0. The van der Waals surface area contributed by atoms with Gasteiger partial charge in [0.1, 0.15) is 24.0 Å². The number of nitrogens with zero attached hydrogens (tertiary/aromatic N) is 2. The van der Waals surface area contributed by atoms with Gasteiger partial charge in [0.2, 0.25) is 0 Å². The summed E-state index contributed by atoms with van der Waals surface area (Å²) in [4.78, 5) is 17.4. The molecule has 5 aromatic rings. The molecule has 40 heavy (non-hydrogen) atoms. The molecule has 0 aliphatic rings. The lowest BCUT2D eigenvalue weighted by Crippen LogP contribution is -2.22. The average molecular weight is 543 g/mol. The Morgan fingerprint density at radius 1 is 1.02 bits per heavy atom. The van der Waals surface area contributed by atoms with Crippen molar-refractivity contribution in [2.75, 3.05) is 7.11 Å². The Kier molecular flexibility index (Phi) is 7.12. The zero-order valence-corrected chi connectivity index (χ0v) is 22.5. The highest BCUT2D eigenvalue weighted by atomic mass is 19.1. The molecule has 0 aliphatic carbocycles. The second-order valence-electron chi connectivity index (χ2n) is 10.0. The van der Waals surface area contributed by atoms with Crippen LogP contribution in [-0.2, 0) is 16.9 Å². The summed E-state index contributed by atoms with van der Waals surface area (Å²) >= 11 is 0. The minimum atomic E-state index is -1.53. The van der Waals surface area contributed by atoms with Gasteiger partial charge in [-0.05, 0) is 68.3 Å². The number of halogens is 2. The number of fused-ring (bicyclic) bond motifs is 1. The van der Waals surface area contributed by atoms with Crippen LogP contribution in [0.5, 0.6) is 5.75 Å². The number of pyridine rings is 1.